The van der Waals surface area contributed by atoms with Crippen LogP contribution in [0.3, 0.4) is 0 Å². The van der Waals surface area contributed by atoms with Crippen LogP contribution in [0.1, 0.15) is 23.2 Å². The molecule has 3 aliphatic heterocycles. The van der Waals surface area contributed by atoms with Gasteiger partial charge in [-0.15, -0.1) is 0 Å². The number of fused-ring (bicyclic) bond motifs is 4. The highest BCUT2D eigenvalue weighted by Gasteiger charge is 2.38. The van der Waals surface area contributed by atoms with Crippen molar-refractivity contribution in [2.24, 2.45) is 5.92 Å². The summed E-state index contributed by atoms with van der Waals surface area (Å²) in [4.78, 5) is 30.8. The zero-order valence-electron chi connectivity index (χ0n) is 15.6. The third-order valence-corrected chi connectivity index (χ3v) is 5.33. The Morgan fingerprint density at radius 1 is 1.23 bits per heavy atom. The Morgan fingerprint density at radius 3 is 2.69 bits per heavy atom. The largest absolute Gasteiger partial charge is 0.504 e. The van der Waals surface area contributed by atoms with Crippen LogP contribution in [-0.2, 0) is 4.79 Å². The number of phenols is 1. The maximum absolute atomic E-state index is 13.1. The Bertz CT molecular complexity index is 691. The van der Waals surface area contributed by atoms with E-state index in [-0.39, 0.29) is 23.6 Å². The molecular formula is C19H27N3O4. The van der Waals surface area contributed by atoms with Crippen molar-refractivity contribution in [3.63, 3.8) is 0 Å². The van der Waals surface area contributed by atoms with Crippen molar-refractivity contribution in [1.82, 2.24) is 14.7 Å². The van der Waals surface area contributed by atoms with Crippen molar-refractivity contribution in [2.75, 3.05) is 47.4 Å². The summed E-state index contributed by atoms with van der Waals surface area (Å²) in [6.07, 6.45) is 2.04. The number of nitrogens with zero attached hydrogens (tertiary/aromatic N) is 3. The molecule has 0 unspecified atom stereocenters. The van der Waals surface area contributed by atoms with Gasteiger partial charge in [-0.1, -0.05) is 0 Å². The number of phenolic OH excluding ortho intramolecular Hbond substituents is 1. The number of likely N-dealkylation sites (N-methyl/N-ethyl adjacent to an activating group) is 1. The summed E-state index contributed by atoms with van der Waals surface area (Å²) in [6, 6.07) is 4.82. The van der Waals surface area contributed by atoms with Crippen molar-refractivity contribution in [2.45, 2.75) is 18.9 Å². The minimum Gasteiger partial charge on any atom is -0.504 e. The number of amides is 2. The molecule has 4 rings (SSSR count). The van der Waals surface area contributed by atoms with E-state index in [1.54, 1.807) is 31.1 Å². The SMILES string of the molecule is COc1cc(C(=O)N2C[C@H]3CC[C@@H]2CN(CC(=O)N(C)C)C3)ccc1O. The van der Waals surface area contributed by atoms with Crippen LogP contribution in [-0.4, -0.2) is 85.0 Å². The molecule has 0 spiro atoms. The van der Waals surface area contributed by atoms with E-state index in [0.717, 1.165) is 25.9 Å². The number of piperidine rings is 1. The van der Waals surface area contributed by atoms with Gasteiger partial charge in [-0.2, -0.15) is 0 Å². The van der Waals surface area contributed by atoms with Crippen molar-refractivity contribution in [3.8, 4) is 11.5 Å². The normalized spacial score (nSPS) is 22.8. The zero-order valence-corrected chi connectivity index (χ0v) is 15.6. The monoisotopic (exact) mass is 361 g/mol. The molecule has 7 nitrogen and oxygen atoms in total. The van der Waals surface area contributed by atoms with Gasteiger partial charge >= 0.3 is 0 Å². The molecule has 7 heteroatoms. The summed E-state index contributed by atoms with van der Waals surface area (Å²) in [6.45, 7) is 2.67. The fourth-order valence-corrected chi connectivity index (χ4v) is 3.87. The molecule has 0 aliphatic carbocycles. The predicted molar refractivity (Wildman–Crippen MR) is 97.3 cm³/mol. The summed E-state index contributed by atoms with van der Waals surface area (Å²) in [5, 5.41) is 9.75. The number of methoxy groups -OCH3 is 1. The van der Waals surface area contributed by atoms with Gasteiger partial charge in [0.25, 0.3) is 5.91 Å². The number of rotatable bonds is 4. The highest BCUT2D eigenvalue weighted by Crippen LogP contribution is 2.31. The highest BCUT2D eigenvalue weighted by atomic mass is 16.5. The molecule has 0 radical (unpaired) electrons. The molecule has 1 aromatic carbocycles. The summed E-state index contributed by atoms with van der Waals surface area (Å²) in [7, 11) is 5.00. The predicted octanol–water partition coefficient (Wildman–Crippen LogP) is 1.03. The van der Waals surface area contributed by atoms with Gasteiger partial charge in [0.15, 0.2) is 11.5 Å². The molecule has 142 valence electrons. The number of carbonyl (C=O) groups excluding carboxylic acids is 2. The quantitative estimate of drug-likeness (QED) is 0.867. The number of benzene rings is 1. The molecule has 0 saturated carbocycles. The first-order chi connectivity index (χ1) is 12.4. The molecule has 3 heterocycles. The molecule has 1 N–H and O–H groups in total. The lowest BCUT2D eigenvalue weighted by Crippen LogP contribution is -2.47. The number of ether oxygens (including phenoxy) is 1. The molecular weight excluding hydrogens is 334 g/mol. The van der Waals surface area contributed by atoms with Gasteiger partial charge in [-0.05, 0) is 37.0 Å². The van der Waals surface area contributed by atoms with E-state index in [0.29, 0.717) is 30.3 Å². The molecule has 0 aromatic heterocycles. The fourth-order valence-electron chi connectivity index (χ4n) is 3.87. The third-order valence-electron chi connectivity index (χ3n) is 5.33. The molecule has 2 atom stereocenters. The minimum atomic E-state index is -0.0428. The summed E-state index contributed by atoms with van der Waals surface area (Å²) in [5.41, 5.74) is 0.517. The van der Waals surface area contributed by atoms with Crippen LogP contribution in [0.5, 0.6) is 11.5 Å². The van der Waals surface area contributed by atoms with Gasteiger partial charge in [0.1, 0.15) is 0 Å². The number of aromatic hydroxyl groups is 1. The molecule has 2 bridgehead atoms. The van der Waals surface area contributed by atoms with E-state index in [1.807, 2.05) is 4.90 Å². The van der Waals surface area contributed by atoms with E-state index in [2.05, 4.69) is 4.90 Å². The van der Waals surface area contributed by atoms with Crippen LogP contribution < -0.4 is 4.74 Å². The first kappa shape index (κ1) is 18.5. The van der Waals surface area contributed by atoms with E-state index >= 15 is 0 Å². The van der Waals surface area contributed by atoms with Gasteiger partial charge < -0.3 is 19.6 Å². The van der Waals surface area contributed by atoms with E-state index in [9.17, 15) is 14.7 Å². The van der Waals surface area contributed by atoms with Crippen LogP contribution in [0.2, 0.25) is 0 Å². The lowest BCUT2D eigenvalue weighted by atomic mass is 9.94. The van der Waals surface area contributed by atoms with Crippen LogP contribution in [0.4, 0.5) is 0 Å². The Hall–Kier alpha value is -2.28. The van der Waals surface area contributed by atoms with E-state index < -0.39 is 0 Å². The third kappa shape index (κ3) is 3.77. The smallest absolute Gasteiger partial charge is 0.254 e. The minimum absolute atomic E-state index is 0.0230. The first-order valence-corrected chi connectivity index (χ1v) is 8.99. The lowest BCUT2D eigenvalue weighted by Gasteiger charge is -2.36. The van der Waals surface area contributed by atoms with Crippen LogP contribution >= 0.6 is 0 Å². The fraction of sp³-hybridized carbons (Fsp3) is 0.579. The van der Waals surface area contributed by atoms with Crippen molar-refractivity contribution in [1.29, 1.82) is 0 Å². The second-order valence-electron chi connectivity index (χ2n) is 7.42. The molecule has 1 aromatic rings. The Kier molecular flexibility index (Phi) is 5.36. The second kappa shape index (κ2) is 7.53. The maximum atomic E-state index is 13.1. The number of carbonyl (C=O) groups is 2. The van der Waals surface area contributed by atoms with Crippen molar-refractivity contribution >= 4 is 11.8 Å². The standard InChI is InChI=1S/C19H27N3O4/c1-20(2)18(24)12-21-9-13-4-6-15(11-21)22(10-13)19(25)14-5-7-16(23)17(8-14)26-3/h5,7-8,13,15,23H,4,6,9-12H2,1-3H3/t13-,15+/m0/s1. The van der Waals surface area contributed by atoms with Crippen LogP contribution in [0.15, 0.2) is 18.2 Å². The maximum Gasteiger partial charge on any atom is 0.254 e. The van der Waals surface area contributed by atoms with Gasteiger partial charge in [-0.3, -0.25) is 14.5 Å². The van der Waals surface area contributed by atoms with Gasteiger partial charge in [0, 0.05) is 45.3 Å². The number of hydrogen-bond acceptors (Lipinski definition) is 5. The zero-order chi connectivity index (χ0) is 18.8. The molecule has 26 heavy (non-hydrogen) atoms. The Morgan fingerprint density at radius 2 is 2.00 bits per heavy atom. The molecule has 3 fully saturated rings. The van der Waals surface area contributed by atoms with Crippen LogP contribution in [0.25, 0.3) is 0 Å². The van der Waals surface area contributed by atoms with E-state index in [1.165, 1.54) is 13.2 Å². The summed E-state index contributed by atoms with van der Waals surface area (Å²) in [5.74, 6) is 0.752. The van der Waals surface area contributed by atoms with E-state index in [4.69, 9.17) is 4.74 Å². The lowest BCUT2D eigenvalue weighted by molar-refractivity contribution is -0.129. The topological polar surface area (TPSA) is 73.3 Å². The van der Waals surface area contributed by atoms with Crippen LogP contribution in [0, 0.1) is 5.92 Å². The van der Waals surface area contributed by atoms with Gasteiger partial charge in [0.05, 0.1) is 13.7 Å². The summed E-state index contributed by atoms with van der Waals surface area (Å²) < 4.78 is 5.12. The first-order valence-electron chi connectivity index (χ1n) is 8.99. The molecule has 3 saturated heterocycles. The second-order valence-corrected chi connectivity index (χ2v) is 7.42. The van der Waals surface area contributed by atoms with Crippen molar-refractivity contribution in [3.05, 3.63) is 23.8 Å². The average molecular weight is 361 g/mol. The molecule has 3 aliphatic rings. The van der Waals surface area contributed by atoms with Gasteiger partial charge in [-0.25, -0.2) is 0 Å². The Labute approximate surface area is 154 Å². The van der Waals surface area contributed by atoms with Crippen molar-refractivity contribution < 1.29 is 19.4 Å². The highest BCUT2D eigenvalue weighted by molar-refractivity contribution is 5.95. The van der Waals surface area contributed by atoms with Gasteiger partial charge in [0.2, 0.25) is 5.91 Å². The molecule has 2 amide bonds. The summed E-state index contributed by atoms with van der Waals surface area (Å²) >= 11 is 0. The Balaban J connectivity index is 1.75. The average Bonchev–Trinajstić information content (AvgIpc) is 2.92. The number of hydrogen-bond donors (Lipinski definition) is 1.